The van der Waals surface area contributed by atoms with Gasteiger partial charge in [-0.05, 0) is 38.4 Å². The van der Waals surface area contributed by atoms with Crippen LogP contribution < -0.4 is 10.1 Å². The second-order valence-electron chi connectivity index (χ2n) is 5.02. The van der Waals surface area contributed by atoms with Crippen molar-refractivity contribution >= 4 is 18.3 Å². The van der Waals surface area contributed by atoms with E-state index in [1.807, 2.05) is 43.1 Å². The van der Waals surface area contributed by atoms with Gasteiger partial charge in [-0.1, -0.05) is 18.2 Å². The highest BCUT2D eigenvalue weighted by Gasteiger charge is 2.22. The minimum Gasteiger partial charge on any atom is -0.484 e. The van der Waals surface area contributed by atoms with E-state index in [0.717, 1.165) is 37.2 Å². The van der Waals surface area contributed by atoms with Gasteiger partial charge < -0.3 is 15.0 Å². The lowest BCUT2D eigenvalue weighted by Crippen LogP contribution is -2.48. The Morgan fingerprint density at radius 1 is 1.45 bits per heavy atom. The van der Waals surface area contributed by atoms with Gasteiger partial charge in [0, 0.05) is 19.1 Å². The highest BCUT2D eigenvalue weighted by molar-refractivity contribution is 5.85. The minimum atomic E-state index is 0. The summed E-state index contributed by atoms with van der Waals surface area (Å²) in [6.45, 7) is 3.74. The number of nitrogens with zero attached hydrogens (tertiary/aromatic N) is 1. The third-order valence-electron chi connectivity index (χ3n) is 3.63. The molecule has 1 aromatic carbocycles. The Bertz CT molecular complexity index is 440. The highest BCUT2D eigenvalue weighted by Crippen LogP contribution is 2.16. The number of hydrogen-bond donors (Lipinski definition) is 1. The van der Waals surface area contributed by atoms with E-state index >= 15 is 0 Å². The fourth-order valence-electron chi connectivity index (χ4n) is 2.39. The molecule has 0 spiro atoms. The Morgan fingerprint density at radius 2 is 2.20 bits per heavy atom. The number of likely N-dealkylation sites (N-methyl/N-ethyl adjacent to an activating group) is 1. The number of nitrogens with one attached hydrogen (secondary N) is 1. The number of ether oxygens (including phenoxy) is 1. The molecule has 1 saturated heterocycles. The van der Waals surface area contributed by atoms with Gasteiger partial charge in [0.15, 0.2) is 6.61 Å². The van der Waals surface area contributed by atoms with E-state index in [0.29, 0.717) is 6.04 Å². The van der Waals surface area contributed by atoms with Crippen LogP contribution in [0.4, 0.5) is 0 Å². The smallest absolute Gasteiger partial charge is 0.260 e. The average molecular weight is 299 g/mol. The molecule has 0 aliphatic carbocycles. The van der Waals surface area contributed by atoms with Gasteiger partial charge in [-0.15, -0.1) is 12.4 Å². The summed E-state index contributed by atoms with van der Waals surface area (Å²) in [6.07, 6.45) is 2.19. The van der Waals surface area contributed by atoms with Crippen molar-refractivity contribution in [1.29, 1.82) is 0 Å². The van der Waals surface area contributed by atoms with Crippen LogP contribution in [-0.4, -0.2) is 43.6 Å². The van der Waals surface area contributed by atoms with Crippen LogP contribution in [0, 0.1) is 6.92 Å². The van der Waals surface area contributed by atoms with Gasteiger partial charge in [-0.2, -0.15) is 0 Å². The van der Waals surface area contributed by atoms with Crippen molar-refractivity contribution in [2.45, 2.75) is 25.8 Å². The van der Waals surface area contributed by atoms with Gasteiger partial charge in [0.2, 0.25) is 0 Å². The summed E-state index contributed by atoms with van der Waals surface area (Å²) in [5.41, 5.74) is 1.06. The largest absolute Gasteiger partial charge is 0.484 e. The fourth-order valence-corrected chi connectivity index (χ4v) is 2.39. The van der Waals surface area contributed by atoms with Gasteiger partial charge in [0.25, 0.3) is 5.91 Å². The monoisotopic (exact) mass is 298 g/mol. The number of carbonyl (C=O) groups is 1. The van der Waals surface area contributed by atoms with Crippen molar-refractivity contribution < 1.29 is 9.53 Å². The maximum atomic E-state index is 12.1. The molecule has 1 aliphatic rings. The second kappa shape index (κ2) is 8.12. The Labute approximate surface area is 126 Å². The number of aryl methyl sites for hydroxylation is 1. The lowest BCUT2D eigenvalue weighted by Gasteiger charge is -2.32. The van der Waals surface area contributed by atoms with Crippen molar-refractivity contribution in [2.24, 2.45) is 0 Å². The third-order valence-corrected chi connectivity index (χ3v) is 3.63. The van der Waals surface area contributed by atoms with Crippen molar-refractivity contribution in [3.8, 4) is 5.75 Å². The number of amides is 1. The predicted octanol–water partition coefficient (Wildman–Crippen LogP) is 2.01. The molecule has 0 radical (unpaired) electrons. The first-order valence-electron chi connectivity index (χ1n) is 6.84. The molecule has 20 heavy (non-hydrogen) atoms. The molecule has 1 amide bonds. The topological polar surface area (TPSA) is 41.6 Å². The summed E-state index contributed by atoms with van der Waals surface area (Å²) >= 11 is 0. The zero-order valence-electron chi connectivity index (χ0n) is 12.1. The van der Waals surface area contributed by atoms with E-state index in [2.05, 4.69) is 5.32 Å². The summed E-state index contributed by atoms with van der Waals surface area (Å²) in [5, 5.41) is 3.24. The zero-order valence-corrected chi connectivity index (χ0v) is 12.9. The van der Waals surface area contributed by atoms with Crippen molar-refractivity contribution in [1.82, 2.24) is 10.2 Å². The molecule has 1 aromatic rings. The van der Waals surface area contributed by atoms with Crippen molar-refractivity contribution in [3.63, 3.8) is 0 Å². The van der Waals surface area contributed by atoms with E-state index in [4.69, 9.17) is 4.74 Å². The maximum Gasteiger partial charge on any atom is 0.260 e. The van der Waals surface area contributed by atoms with E-state index in [1.54, 1.807) is 0 Å². The number of piperidine rings is 1. The fraction of sp³-hybridized carbons (Fsp3) is 0.533. The predicted molar refractivity (Wildman–Crippen MR) is 82.6 cm³/mol. The molecule has 1 N–H and O–H groups in total. The van der Waals surface area contributed by atoms with Crippen LogP contribution in [0.25, 0.3) is 0 Å². The van der Waals surface area contributed by atoms with Gasteiger partial charge >= 0.3 is 0 Å². The first kappa shape index (κ1) is 16.8. The maximum absolute atomic E-state index is 12.1. The number of carbonyl (C=O) groups excluding carboxylic acids is 1. The van der Waals surface area contributed by atoms with Crippen molar-refractivity contribution in [3.05, 3.63) is 29.8 Å². The van der Waals surface area contributed by atoms with Gasteiger partial charge in [-0.25, -0.2) is 0 Å². The van der Waals surface area contributed by atoms with Crippen LogP contribution in [0.1, 0.15) is 18.4 Å². The Kier molecular flexibility index (Phi) is 6.82. The van der Waals surface area contributed by atoms with Crippen LogP contribution in [0.5, 0.6) is 5.75 Å². The molecule has 1 atom stereocenters. The van der Waals surface area contributed by atoms with Gasteiger partial charge in [0.1, 0.15) is 5.75 Å². The lowest BCUT2D eigenvalue weighted by molar-refractivity contribution is -0.134. The second-order valence-corrected chi connectivity index (χ2v) is 5.02. The van der Waals surface area contributed by atoms with E-state index < -0.39 is 0 Å². The van der Waals surface area contributed by atoms with Crippen LogP contribution in [-0.2, 0) is 4.79 Å². The van der Waals surface area contributed by atoms with E-state index in [-0.39, 0.29) is 24.9 Å². The number of rotatable bonds is 4. The number of halogens is 1. The lowest BCUT2D eigenvalue weighted by atomic mass is 10.1. The molecule has 112 valence electrons. The number of hydrogen-bond acceptors (Lipinski definition) is 3. The highest BCUT2D eigenvalue weighted by atomic mass is 35.5. The number of likely N-dealkylation sites (tertiary alicyclic amines) is 1. The summed E-state index contributed by atoms with van der Waals surface area (Å²) in [4.78, 5) is 14.0. The Morgan fingerprint density at radius 3 is 2.90 bits per heavy atom. The molecular weight excluding hydrogens is 276 g/mol. The average Bonchev–Trinajstić information content (AvgIpc) is 2.46. The summed E-state index contributed by atoms with van der Waals surface area (Å²) in [7, 11) is 1.95. The Balaban J connectivity index is 0.00000200. The molecule has 4 nitrogen and oxygen atoms in total. The first-order chi connectivity index (χ1) is 9.20. The number of benzene rings is 1. The quantitative estimate of drug-likeness (QED) is 0.924. The molecular formula is C15H23ClN2O2. The van der Waals surface area contributed by atoms with Crippen LogP contribution in [0.15, 0.2) is 24.3 Å². The van der Waals surface area contributed by atoms with Crippen molar-refractivity contribution in [2.75, 3.05) is 26.7 Å². The van der Waals surface area contributed by atoms with Gasteiger partial charge in [0.05, 0.1) is 0 Å². The Hall–Kier alpha value is -1.26. The molecule has 0 bridgehead atoms. The first-order valence-corrected chi connectivity index (χ1v) is 6.84. The van der Waals surface area contributed by atoms with E-state index in [1.165, 1.54) is 0 Å². The molecule has 5 heteroatoms. The van der Waals surface area contributed by atoms with E-state index in [9.17, 15) is 4.79 Å². The molecule has 0 saturated carbocycles. The molecule has 1 heterocycles. The molecule has 2 rings (SSSR count). The molecule has 1 fully saturated rings. The zero-order chi connectivity index (χ0) is 13.7. The van der Waals surface area contributed by atoms with Gasteiger partial charge in [-0.3, -0.25) is 4.79 Å². The molecule has 0 aromatic heterocycles. The summed E-state index contributed by atoms with van der Waals surface area (Å²) in [6, 6.07) is 8.18. The summed E-state index contributed by atoms with van der Waals surface area (Å²) in [5.74, 6) is 0.862. The van der Waals surface area contributed by atoms with Crippen LogP contribution in [0.3, 0.4) is 0 Å². The SMILES string of the molecule is CNC1CCCN(C(=O)COc2ccccc2C)C1.Cl. The third kappa shape index (κ3) is 4.39. The van der Waals surface area contributed by atoms with Crippen LogP contribution >= 0.6 is 12.4 Å². The number of para-hydroxylation sites is 1. The minimum absolute atomic E-state index is 0. The molecule has 1 aliphatic heterocycles. The molecule has 1 unspecified atom stereocenters. The summed E-state index contributed by atoms with van der Waals surface area (Å²) < 4.78 is 5.61. The normalized spacial score (nSPS) is 18.3. The van der Waals surface area contributed by atoms with Crippen LogP contribution in [0.2, 0.25) is 0 Å². The standard InChI is InChI=1S/C15H22N2O2.ClH/c1-12-6-3-4-8-14(12)19-11-15(18)17-9-5-7-13(10-17)16-2;/h3-4,6,8,13,16H,5,7,9-11H2,1-2H3;1H.